The lowest BCUT2D eigenvalue weighted by atomic mass is 10.3. The van der Waals surface area contributed by atoms with Crippen LogP contribution in [0.25, 0.3) is 0 Å². The van der Waals surface area contributed by atoms with Crippen molar-refractivity contribution in [3.8, 4) is 0 Å². The van der Waals surface area contributed by atoms with Gasteiger partial charge in [0.2, 0.25) is 5.91 Å². The van der Waals surface area contributed by atoms with Crippen LogP contribution in [0.1, 0.15) is 0 Å². The van der Waals surface area contributed by atoms with Crippen molar-refractivity contribution in [2.45, 2.75) is 6.17 Å². The molecule has 96 valence electrons. The van der Waals surface area contributed by atoms with E-state index in [1.54, 1.807) is 0 Å². The van der Waals surface area contributed by atoms with Crippen molar-refractivity contribution in [3.63, 3.8) is 0 Å². The number of fused-ring (bicyclic) bond motifs is 1. The first-order valence-corrected chi connectivity index (χ1v) is 6.83. The van der Waals surface area contributed by atoms with Crippen molar-refractivity contribution in [2.24, 2.45) is 0 Å². The van der Waals surface area contributed by atoms with E-state index in [1.807, 2.05) is 23.1 Å². The molecule has 1 fully saturated rings. The van der Waals surface area contributed by atoms with E-state index in [2.05, 4.69) is 31.9 Å². The predicted molar refractivity (Wildman–Crippen MR) is 74.6 cm³/mol. The second-order valence-electron chi connectivity index (χ2n) is 4.55. The zero-order valence-corrected chi connectivity index (χ0v) is 11.5. The van der Waals surface area contributed by atoms with Crippen molar-refractivity contribution < 1.29 is 4.79 Å². The summed E-state index contributed by atoms with van der Waals surface area (Å²) in [5.74, 6) is 0.169. The van der Waals surface area contributed by atoms with Crippen LogP contribution in [0.3, 0.4) is 0 Å². The molecule has 5 nitrogen and oxygen atoms in total. The molecule has 0 aliphatic carbocycles. The Labute approximate surface area is 114 Å². The molecule has 3 N–H and O–H groups in total. The third-order valence-corrected chi connectivity index (χ3v) is 3.72. The Bertz CT molecular complexity index is 479. The molecule has 18 heavy (non-hydrogen) atoms. The highest BCUT2D eigenvalue weighted by atomic mass is 79.9. The van der Waals surface area contributed by atoms with Crippen LogP contribution in [-0.2, 0) is 4.79 Å². The number of benzene rings is 1. The van der Waals surface area contributed by atoms with E-state index in [0.29, 0.717) is 13.1 Å². The molecular weight excluding hydrogens is 296 g/mol. The Morgan fingerprint density at radius 3 is 3.00 bits per heavy atom. The van der Waals surface area contributed by atoms with Crippen LogP contribution in [-0.4, -0.2) is 43.2 Å². The third-order valence-electron chi connectivity index (χ3n) is 3.23. The van der Waals surface area contributed by atoms with Gasteiger partial charge in [0.15, 0.2) is 0 Å². The van der Waals surface area contributed by atoms with Gasteiger partial charge in [-0.1, -0.05) is 15.9 Å². The average Bonchev–Trinajstić information content (AvgIpc) is 2.73. The van der Waals surface area contributed by atoms with E-state index < -0.39 is 0 Å². The van der Waals surface area contributed by atoms with E-state index in [1.165, 1.54) is 0 Å². The van der Waals surface area contributed by atoms with Gasteiger partial charge in [0.1, 0.15) is 6.17 Å². The Morgan fingerprint density at radius 2 is 2.17 bits per heavy atom. The first-order chi connectivity index (χ1) is 8.72. The maximum atomic E-state index is 11.7. The van der Waals surface area contributed by atoms with E-state index in [-0.39, 0.29) is 12.1 Å². The number of nitrogens with zero attached hydrogens (tertiary/aromatic N) is 1. The van der Waals surface area contributed by atoms with Gasteiger partial charge < -0.3 is 20.9 Å². The molecule has 1 aromatic carbocycles. The number of piperazine rings is 1. The summed E-state index contributed by atoms with van der Waals surface area (Å²) >= 11 is 3.45. The van der Waals surface area contributed by atoms with Gasteiger partial charge in [-0.2, -0.15) is 0 Å². The molecular formula is C12H15BrN4O. The highest BCUT2D eigenvalue weighted by molar-refractivity contribution is 9.10. The lowest BCUT2D eigenvalue weighted by molar-refractivity contribution is -0.131. The summed E-state index contributed by atoms with van der Waals surface area (Å²) in [5, 5.41) is 9.85. The smallest absolute Gasteiger partial charge is 0.236 e. The van der Waals surface area contributed by atoms with Crippen LogP contribution in [0.15, 0.2) is 22.7 Å². The molecule has 1 unspecified atom stereocenters. The maximum absolute atomic E-state index is 11.7. The molecule has 6 heteroatoms. The number of rotatable bonds is 2. The minimum absolute atomic E-state index is 0.0938. The summed E-state index contributed by atoms with van der Waals surface area (Å²) in [6.45, 7) is 2.79. The molecule has 0 bridgehead atoms. The molecule has 0 aromatic heterocycles. The summed E-state index contributed by atoms with van der Waals surface area (Å²) in [7, 11) is 0. The first-order valence-electron chi connectivity index (χ1n) is 6.03. The number of hydrogen-bond donors (Lipinski definition) is 3. The van der Waals surface area contributed by atoms with Crippen molar-refractivity contribution in [2.75, 3.05) is 36.8 Å². The van der Waals surface area contributed by atoms with Crippen LogP contribution in [0.5, 0.6) is 0 Å². The normalized spacial score (nSPS) is 22.4. The Morgan fingerprint density at radius 1 is 1.33 bits per heavy atom. The van der Waals surface area contributed by atoms with Gasteiger partial charge in [-0.3, -0.25) is 4.79 Å². The molecule has 2 aliphatic rings. The summed E-state index contributed by atoms with van der Waals surface area (Å²) in [4.78, 5) is 13.6. The monoisotopic (exact) mass is 310 g/mol. The molecule has 1 amide bonds. The van der Waals surface area contributed by atoms with Crippen molar-refractivity contribution in [3.05, 3.63) is 22.7 Å². The highest BCUT2D eigenvalue weighted by Gasteiger charge is 2.25. The van der Waals surface area contributed by atoms with Gasteiger partial charge >= 0.3 is 0 Å². The molecule has 0 radical (unpaired) electrons. The standard InChI is InChI=1S/C12H15BrN4O/c13-8-1-2-9-10(5-8)16-11(15-9)7-17-4-3-14-6-12(17)18/h1-2,5,11,14-16H,3-4,6-7H2. The molecule has 1 aromatic rings. The van der Waals surface area contributed by atoms with Crippen LogP contribution in [0.2, 0.25) is 0 Å². The van der Waals surface area contributed by atoms with Gasteiger partial charge in [-0.15, -0.1) is 0 Å². The van der Waals surface area contributed by atoms with Gasteiger partial charge in [0.25, 0.3) is 0 Å². The molecule has 0 spiro atoms. The SMILES string of the molecule is O=C1CNCCN1CC1Nc2ccc(Br)cc2N1. The third kappa shape index (κ3) is 2.30. The van der Waals surface area contributed by atoms with Crippen LogP contribution in [0.4, 0.5) is 11.4 Å². The van der Waals surface area contributed by atoms with Gasteiger partial charge in [0.05, 0.1) is 24.5 Å². The van der Waals surface area contributed by atoms with E-state index in [4.69, 9.17) is 0 Å². The number of hydrogen-bond acceptors (Lipinski definition) is 4. The van der Waals surface area contributed by atoms with Crippen LogP contribution < -0.4 is 16.0 Å². The van der Waals surface area contributed by atoms with Crippen molar-refractivity contribution >= 4 is 33.2 Å². The minimum Gasteiger partial charge on any atom is -0.362 e. The van der Waals surface area contributed by atoms with Crippen LogP contribution in [0, 0.1) is 0 Å². The fourth-order valence-corrected chi connectivity index (χ4v) is 2.68. The predicted octanol–water partition coefficient (Wildman–Crippen LogP) is 1.04. The van der Waals surface area contributed by atoms with E-state index >= 15 is 0 Å². The fourth-order valence-electron chi connectivity index (χ4n) is 2.32. The highest BCUT2D eigenvalue weighted by Crippen LogP contribution is 2.31. The van der Waals surface area contributed by atoms with Crippen LogP contribution >= 0.6 is 15.9 Å². The van der Waals surface area contributed by atoms with E-state index in [9.17, 15) is 4.79 Å². The summed E-state index contributed by atoms with van der Waals surface area (Å²) < 4.78 is 1.05. The lowest BCUT2D eigenvalue weighted by Crippen LogP contribution is -2.52. The first kappa shape index (κ1) is 11.8. The number of carbonyl (C=O) groups is 1. The molecule has 1 atom stereocenters. The molecule has 0 saturated carbocycles. The second kappa shape index (κ2) is 4.78. The number of amides is 1. The molecule has 3 rings (SSSR count). The van der Waals surface area contributed by atoms with E-state index in [0.717, 1.165) is 28.9 Å². The topological polar surface area (TPSA) is 56.4 Å². The largest absolute Gasteiger partial charge is 0.362 e. The second-order valence-corrected chi connectivity index (χ2v) is 5.46. The Balaban J connectivity index is 1.65. The zero-order valence-electron chi connectivity index (χ0n) is 9.87. The average molecular weight is 311 g/mol. The van der Waals surface area contributed by atoms with Crippen molar-refractivity contribution in [1.29, 1.82) is 0 Å². The summed E-state index contributed by atoms with van der Waals surface area (Å²) in [6, 6.07) is 6.08. The van der Waals surface area contributed by atoms with Gasteiger partial charge in [-0.05, 0) is 18.2 Å². The zero-order chi connectivity index (χ0) is 12.5. The number of halogens is 1. The molecule has 2 heterocycles. The number of anilines is 2. The molecule has 2 aliphatic heterocycles. The fraction of sp³-hybridized carbons (Fsp3) is 0.417. The molecule has 1 saturated heterocycles. The number of nitrogens with one attached hydrogen (secondary N) is 3. The quantitative estimate of drug-likeness (QED) is 0.764. The minimum atomic E-state index is 0.0938. The maximum Gasteiger partial charge on any atom is 0.236 e. The lowest BCUT2D eigenvalue weighted by Gasteiger charge is -2.29. The Hall–Kier alpha value is -1.27. The van der Waals surface area contributed by atoms with Gasteiger partial charge in [0, 0.05) is 17.6 Å². The number of carbonyl (C=O) groups excluding carboxylic acids is 1. The summed E-state index contributed by atoms with van der Waals surface area (Å²) in [5.41, 5.74) is 2.17. The van der Waals surface area contributed by atoms with Crippen molar-refractivity contribution in [1.82, 2.24) is 10.2 Å². The van der Waals surface area contributed by atoms with Gasteiger partial charge in [-0.25, -0.2) is 0 Å². The Kier molecular flexibility index (Phi) is 3.13. The summed E-state index contributed by atoms with van der Waals surface area (Å²) in [6.07, 6.45) is 0.0938.